The maximum atomic E-state index is 9.78. The van der Waals surface area contributed by atoms with Crippen LogP contribution < -0.4 is 9.47 Å². The first-order valence-electron chi connectivity index (χ1n) is 10.4. The first kappa shape index (κ1) is 19.8. The van der Waals surface area contributed by atoms with E-state index in [2.05, 4.69) is 26.3 Å². The minimum atomic E-state index is -0.169. The van der Waals surface area contributed by atoms with Gasteiger partial charge in [-0.3, -0.25) is 0 Å². The molecule has 3 heterocycles. The number of ether oxygens (including phenoxy) is 3. The van der Waals surface area contributed by atoms with E-state index in [1.165, 1.54) is 11.1 Å². The maximum Gasteiger partial charge on any atom is 0.199 e. The Kier molecular flexibility index (Phi) is 5.91. The number of phenols is 1. The van der Waals surface area contributed by atoms with Crippen LogP contribution in [-0.2, 0) is 4.74 Å². The number of fused-ring (bicyclic) bond motifs is 1. The Morgan fingerprint density at radius 3 is 2.73 bits per heavy atom. The molecule has 0 saturated carbocycles. The van der Waals surface area contributed by atoms with Crippen LogP contribution in [0.1, 0.15) is 36.3 Å². The normalized spacial score (nSPS) is 25.5. The van der Waals surface area contributed by atoms with E-state index < -0.39 is 0 Å². The van der Waals surface area contributed by atoms with Gasteiger partial charge in [-0.1, -0.05) is 51.1 Å². The van der Waals surface area contributed by atoms with E-state index >= 15 is 0 Å². The summed E-state index contributed by atoms with van der Waals surface area (Å²) in [6, 6.07) is 13.7. The van der Waals surface area contributed by atoms with Crippen molar-refractivity contribution in [1.29, 1.82) is 0 Å². The SMILES string of the molecule is Oc1ccc(C2c3ccc(OC4CCCCO4)cc3OCC2C2=CC=IC=C2)cc1. The minimum Gasteiger partial charge on any atom is -0.508 e. The number of aromatic hydroxyl groups is 1. The Hall–Kier alpha value is -2.12. The number of phenolic OH excluding ortho intramolecular Hbond substituents is 1. The molecule has 3 aliphatic heterocycles. The molecule has 1 saturated heterocycles. The van der Waals surface area contributed by atoms with Gasteiger partial charge in [-0.15, -0.1) is 0 Å². The summed E-state index contributed by atoms with van der Waals surface area (Å²) in [7, 11) is 0. The van der Waals surface area contributed by atoms with E-state index in [-0.39, 0.29) is 44.6 Å². The van der Waals surface area contributed by atoms with E-state index in [1.807, 2.05) is 24.3 Å². The zero-order chi connectivity index (χ0) is 20.3. The van der Waals surface area contributed by atoms with E-state index in [1.54, 1.807) is 12.1 Å². The van der Waals surface area contributed by atoms with Gasteiger partial charge in [0.05, 0.1) is 13.2 Å². The van der Waals surface area contributed by atoms with Gasteiger partial charge >= 0.3 is 0 Å². The monoisotopic (exact) mass is 516 g/mol. The van der Waals surface area contributed by atoms with Gasteiger partial charge in [0, 0.05) is 29.9 Å². The molecule has 30 heavy (non-hydrogen) atoms. The van der Waals surface area contributed by atoms with Crippen LogP contribution >= 0.6 is 20.7 Å². The topological polar surface area (TPSA) is 47.9 Å². The number of rotatable bonds is 4. The Balaban J connectivity index is 1.49. The highest BCUT2D eigenvalue weighted by Crippen LogP contribution is 2.46. The molecule has 0 amide bonds. The lowest BCUT2D eigenvalue weighted by Crippen LogP contribution is -2.28. The van der Waals surface area contributed by atoms with Gasteiger partial charge in [-0.05, 0) is 50.3 Å². The summed E-state index contributed by atoms with van der Waals surface area (Å²) in [5.74, 6) is 2.34. The average Bonchev–Trinajstić information content (AvgIpc) is 2.80. The third-order valence-electron chi connectivity index (χ3n) is 5.88. The van der Waals surface area contributed by atoms with Gasteiger partial charge in [0.25, 0.3) is 0 Å². The lowest BCUT2D eigenvalue weighted by Gasteiger charge is -2.35. The Morgan fingerprint density at radius 2 is 1.97 bits per heavy atom. The smallest absolute Gasteiger partial charge is 0.199 e. The number of hydrogen-bond acceptors (Lipinski definition) is 4. The van der Waals surface area contributed by atoms with Crippen molar-refractivity contribution in [3.05, 3.63) is 75.4 Å². The van der Waals surface area contributed by atoms with Gasteiger partial charge < -0.3 is 19.3 Å². The predicted molar refractivity (Wildman–Crippen MR) is 127 cm³/mol. The van der Waals surface area contributed by atoms with Crippen molar-refractivity contribution in [2.45, 2.75) is 31.5 Å². The number of benzene rings is 2. The van der Waals surface area contributed by atoms with Crippen LogP contribution in [0.4, 0.5) is 0 Å². The summed E-state index contributed by atoms with van der Waals surface area (Å²) in [5, 5.41) is 9.78. The lowest BCUT2D eigenvalue weighted by atomic mass is 9.75. The molecule has 3 atom stereocenters. The molecule has 2 aromatic rings. The second-order valence-electron chi connectivity index (χ2n) is 7.81. The van der Waals surface area contributed by atoms with Gasteiger partial charge in [0.1, 0.15) is 17.2 Å². The molecule has 0 radical (unpaired) electrons. The second kappa shape index (κ2) is 8.94. The highest BCUT2D eigenvalue weighted by molar-refractivity contribution is 14.2. The third-order valence-corrected chi connectivity index (χ3v) is 7.43. The van der Waals surface area contributed by atoms with E-state index in [0.29, 0.717) is 6.61 Å². The first-order chi connectivity index (χ1) is 14.8. The summed E-state index contributed by atoms with van der Waals surface area (Å²) in [4.78, 5) is 0. The molecular weight excluding hydrogens is 491 g/mol. The summed E-state index contributed by atoms with van der Waals surface area (Å²) in [6.07, 6.45) is 7.52. The molecule has 5 rings (SSSR count). The minimum absolute atomic E-state index is 0.0394. The number of halogens is 1. The number of allylic oxidation sites excluding steroid dienone is 2. The zero-order valence-electron chi connectivity index (χ0n) is 16.7. The Labute approximate surface area is 186 Å². The average molecular weight is 516 g/mol. The predicted octanol–water partition coefficient (Wildman–Crippen LogP) is 5.66. The van der Waals surface area contributed by atoms with Gasteiger partial charge in [-0.2, -0.15) is 0 Å². The summed E-state index contributed by atoms with van der Waals surface area (Å²) >= 11 is 0.0394. The molecule has 0 aliphatic carbocycles. The van der Waals surface area contributed by atoms with Crippen LogP contribution in [-0.4, -0.2) is 28.6 Å². The summed E-state index contributed by atoms with van der Waals surface area (Å²) in [6.45, 7) is 1.38. The van der Waals surface area contributed by atoms with Crippen molar-refractivity contribution in [1.82, 2.24) is 0 Å². The molecule has 0 bridgehead atoms. The molecule has 5 heteroatoms. The van der Waals surface area contributed by atoms with Gasteiger partial charge in [-0.25, -0.2) is 0 Å². The fourth-order valence-electron chi connectivity index (χ4n) is 4.36. The van der Waals surface area contributed by atoms with Crippen molar-refractivity contribution in [3.8, 4) is 17.2 Å². The highest BCUT2D eigenvalue weighted by atomic mass is 127. The van der Waals surface area contributed by atoms with Gasteiger partial charge in [0.2, 0.25) is 0 Å². The van der Waals surface area contributed by atoms with E-state index in [9.17, 15) is 5.11 Å². The third kappa shape index (κ3) is 4.18. The molecule has 0 aromatic heterocycles. The van der Waals surface area contributed by atoms with Crippen LogP contribution in [0.3, 0.4) is 0 Å². The fraction of sp³-hybridized carbons (Fsp3) is 0.320. The quantitative estimate of drug-likeness (QED) is 0.533. The van der Waals surface area contributed by atoms with Crippen LogP contribution in [0.2, 0.25) is 0 Å². The molecular formula is C25H25IO4. The van der Waals surface area contributed by atoms with Crippen molar-refractivity contribution in [2.24, 2.45) is 5.92 Å². The van der Waals surface area contributed by atoms with Crippen molar-refractivity contribution >= 4 is 24.7 Å². The molecule has 3 aliphatic rings. The van der Waals surface area contributed by atoms with Gasteiger partial charge in [0.15, 0.2) is 6.29 Å². The second-order valence-corrected chi connectivity index (χ2v) is 9.97. The Bertz CT molecular complexity index is 987. The molecule has 1 fully saturated rings. The first-order valence-corrected chi connectivity index (χ1v) is 12.9. The molecule has 4 nitrogen and oxygen atoms in total. The van der Waals surface area contributed by atoms with Crippen molar-refractivity contribution in [2.75, 3.05) is 13.2 Å². The number of hydrogen-bond donors (Lipinski definition) is 1. The highest BCUT2D eigenvalue weighted by Gasteiger charge is 2.34. The van der Waals surface area contributed by atoms with Crippen LogP contribution in [0, 0.1) is 5.92 Å². The fourth-order valence-corrected chi connectivity index (χ4v) is 5.85. The van der Waals surface area contributed by atoms with Crippen LogP contribution in [0.25, 0.3) is 0 Å². The lowest BCUT2D eigenvalue weighted by molar-refractivity contribution is -0.106. The molecule has 1 N–H and O–H groups in total. The standard InChI is InChI=1S/C25H25IO4/c27-19-6-4-18(5-7-19)25-21-9-8-20(30-24-3-1-2-14-28-24)15-23(21)29-16-22(25)17-10-12-26-13-11-17/h4-13,15,22,24-25,27H,1-3,14,16H2. The van der Waals surface area contributed by atoms with Crippen LogP contribution in [0.15, 0.2) is 64.3 Å². The summed E-state index contributed by atoms with van der Waals surface area (Å²) in [5.41, 5.74) is 3.64. The van der Waals surface area contributed by atoms with Crippen molar-refractivity contribution < 1.29 is 19.3 Å². The van der Waals surface area contributed by atoms with Crippen molar-refractivity contribution in [3.63, 3.8) is 0 Å². The molecule has 2 aromatic carbocycles. The van der Waals surface area contributed by atoms with E-state index in [4.69, 9.17) is 14.2 Å². The summed E-state index contributed by atoms with van der Waals surface area (Å²) < 4.78 is 22.6. The molecule has 156 valence electrons. The zero-order valence-corrected chi connectivity index (χ0v) is 18.8. The Morgan fingerprint density at radius 1 is 1.07 bits per heavy atom. The molecule has 0 spiro atoms. The maximum absolute atomic E-state index is 9.78. The van der Waals surface area contributed by atoms with E-state index in [0.717, 1.165) is 42.9 Å². The molecule has 3 unspecified atom stereocenters. The van der Waals surface area contributed by atoms with Crippen LogP contribution in [0.5, 0.6) is 17.2 Å². The largest absolute Gasteiger partial charge is 0.508 e.